The minimum Gasteiger partial charge on any atom is -0.344 e. The summed E-state index contributed by atoms with van der Waals surface area (Å²) < 4.78 is 33.9. The number of rotatable bonds is 7. The number of nitrogens with zero attached hydrogens (tertiary/aromatic N) is 5. The third-order valence-electron chi connectivity index (χ3n) is 7.18. The average Bonchev–Trinajstić information content (AvgIpc) is 3.71. The standard InChI is InChI=1S/C30H26N8O4S2/c1-16-7-12-21-23(13-16)43-29(34-21)19-8-10-20(11-9-19)35-36-27-18(3)37-38-28(27)33-22-5-4-6-24(26(22)30(38)39)44(40,41)42-15-25-31-14-17(2)32-25/h4-14,18,35,37H,15H2,1-3H3,(H,31,32). The number of anilines is 1. The molecule has 0 amide bonds. The molecular weight excluding hydrogens is 601 g/mol. The maximum absolute atomic E-state index is 13.6. The smallest absolute Gasteiger partial charge is 0.298 e. The van der Waals surface area contributed by atoms with Crippen LogP contribution in [0.2, 0.25) is 0 Å². The van der Waals surface area contributed by atoms with E-state index in [2.05, 4.69) is 50.0 Å². The first kappa shape index (κ1) is 27.9. The molecule has 1 aliphatic rings. The fourth-order valence-corrected chi connectivity index (χ4v) is 7.15. The summed E-state index contributed by atoms with van der Waals surface area (Å²) in [7, 11) is -4.31. The Labute approximate surface area is 255 Å². The van der Waals surface area contributed by atoms with Crippen LogP contribution in [-0.2, 0) is 20.9 Å². The van der Waals surface area contributed by atoms with Crippen LogP contribution in [0.1, 0.15) is 29.8 Å². The molecule has 0 saturated heterocycles. The topological polar surface area (TPSA) is 156 Å². The van der Waals surface area contributed by atoms with Crippen molar-refractivity contribution in [3.05, 3.63) is 100 Å². The van der Waals surface area contributed by atoms with Gasteiger partial charge in [0.05, 0.1) is 32.8 Å². The number of benzene rings is 3. The van der Waals surface area contributed by atoms with E-state index in [1.807, 2.05) is 37.3 Å². The van der Waals surface area contributed by atoms with Crippen LogP contribution in [0.25, 0.3) is 31.7 Å². The predicted molar refractivity (Wildman–Crippen MR) is 170 cm³/mol. The summed E-state index contributed by atoms with van der Waals surface area (Å²) in [5.41, 5.74) is 10.9. The summed E-state index contributed by atoms with van der Waals surface area (Å²) in [6, 6.07) is 18.0. The first-order valence-corrected chi connectivity index (χ1v) is 15.9. The van der Waals surface area contributed by atoms with E-state index in [1.165, 1.54) is 22.4 Å². The minimum atomic E-state index is -4.31. The van der Waals surface area contributed by atoms with Crippen LogP contribution >= 0.6 is 11.3 Å². The van der Waals surface area contributed by atoms with E-state index in [0.717, 1.165) is 32.2 Å². The van der Waals surface area contributed by atoms with Crippen LogP contribution in [-0.4, -0.2) is 44.8 Å². The minimum absolute atomic E-state index is 0.0821. The highest BCUT2D eigenvalue weighted by atomic mass is 32.2. The fourth-order valence-electron chi connectivity index (χ4n) is 5.00. The van der Waals surface area contributed by atoms with Gasteiger partial charge < -0.3 is 10.4 Å². The number of H-pyrrole nitrogens is 1. The maximum Gasteiger partial charge on any atom is 0.298 e. The largest absolute Gasteiger partial charge is 0.344 e. The zero-order valence-electron chi connectivity index (χ0n) is 23.8. The predicted octanol–water partition coefficient (Wildman–Crippen LogP) is 4.68. The van der Waals surface area contributed by atoms with E-state index in [-0.39, 0.29) is 34.3 Å². The number of aryl methyl sites for hydroxylation is 2. The Kier molecular flexibility index (Phi) is 6.76. The number of imidazole rings is 1. The van der Waals surface area contributed by atoms with E-state index < -0.39 is 15.7 Å². The van der Waals surface area contributed by atoms with Gasteiger partial charge in [-0.25, -0.2) is 19.6 Å². The van der Waals surface area contributed by atoms with Gasteiger partial charge in [0.2, 0.25) is 0 Å². The highest BCUT2D eigenvalue weighted by molar-refractivity contribution is 7.87. The maximum atomic E-state index is 13.6. The number of nitrogens with one attached hydrogen (secondary N) is 3. The van der Waals surface area contributed by atoms with Gasteiger partial charge in [0.1, 0.15) is 28.0 Å². The third-order valence-corrected chi connectivity index (χ3v) is 9.55. The van der Waals surface area contributed by atoms with Crippen LogP contribution < -0.4 is 16.4 Å². The van der Waals surface area contributed by atoms with Gasteiger partial charge in [-0.05, 0) is 74.9 Å². The number of hydrogen-bond acceptors (Lipinski definition) is 11. The Balaban J connectivity index is 1.16. The molecule has 6 aromatic rings. The summed E-state index contributed by atoms with van der Waals surface area (Å²) in [5.74, 6) is 0.637. The Morgan fingerprint density at radius 3 is 2.66 bits per heavy atom. The molecule has 44 heavy (non-hydrogen) atoms. The molecule has 3 aromatic heterocycles. The zero-order valence-corrected chi connectivity index (χ0v) is 25.5. The number of aromatic amines is 1. The van der Waals surface area contributed by atoms with Crippen molar-refractivity contribution in [3.8, 4) is 10.6 Å². The SMILES string of the molecule is Cc1ccc2nc(-c3ccc(NN=C4c5nc6cccc(S(=O)(=O)OCc7ncc(C)[nH]7)c6c(=O)n5NC4C)cc3)sc2c1. The van der Waals surface area contributed by atoms with Crippen LogP contribution in [0.4, 0.5) is 5.69 Å². The Morgan fingerprint density at radius 1 is 1.07 bits per heavy atom. The van der Waals surface area contributed by atoms with Gasteiger partial charge in [0.15, 0.2) is 5.82 Å². The molecule has 1 unspecified atom stereocenters. The van der Waals surface area contributed by atoms with Gasteiger partial charge in [-0.1, -0.05) is 12.1 Å². The lowest BCUT2D eigenvalue weighted by Crippen LogP contribution is -2.30. The van der Waals surface area contributed by atoms with Crippen LogP contribution in [0, 0.1) is 13.8 Å². The molecule has 0 fully saturated rings. The molecule has 3 aromatic carbocycles. The molecule has 4 heterocycles. The molecule has 0 spiro atoms. The molecule has 0 bridgehead atoms. The first-order valence-electron chi connectivity index (χ1n) is 13.7. The van der Waals surface area contributed by atoms with Crippen molar-refractivity contribution in [1.29, 1.82) is 0 Å². The zero-order chi connectivity index (χ0) is 30.6. The van der Waals surface area contributed by atoms with E-state index >= 15 is 0 Å². The molecule has 0 aliphatic carbocycles. The lowest BCUT2D eigenvalue weighted by atomic mass is 10.2. The summed E-state index contributed by atoms with van der Waals surface area (Å²) in [4.78, 5) is 29.7. The lowest BCUT2D eigenvalue weighted by Gasteiger charge is -2.10. The second-order valence-electron chi connectivity index (χ2n) is 10.5. The molecule has 1 atom stereocenters. The van der Waals surface area contributed by atoms with Crippen molar-refractivity contribution < 1.29 is 12.6 Å². The van der Waals surface area contributed by atoms with Crippen molar-refractivity contribution in [2.75, 3.05) is 10.9 Å². The number of fused-ring (bicyclic) bond motifs is 3. The summed E-state index contributed by atoms with van der Waals surface area (Å²) >= 11 is 1.65. The Bertz CT molecular complexity index is 2270. The van der Waals surface area contributed by atoms with Gasteiger partial charge in [-0.3, -0.25) is 14.4 Å². The molecule has 0 saturated carbocycles. The number of aromatic nitrogens is 5. The molecular formula is C30H26N8O4S2. The van der Waals surface area contributed by atoms with Gasteiger partial charge in [-0.2, -0.15) is 13.5 Å². The second kappa shape index (κ2) is 10.7. The fraction of sp³-hybridized carbons (Fsp3) is 0.167. The van der Waals surface area contributed by atoms with Crippen molar-refractivity contribution in [2.45, 2.75) is 38.3 Å². The highest BCUT2D eigenvalue weighted by Crippen LogP contribution is 2.31. The number of hydrazone groups is 1. The van der Waals surface area contributed by atoms with E-state index in [0.29, 0.717) is 11.5 Å². The first-order chi connectivity index (χ1) is 21.2. The quantitative estimate of drug-likeness (QED) is 0.169. The van der Waals surface area contributed by atoms with Crippen LogP contribution in [0.5, 0.6) is 0 Å². The Hall–Kier alpha value is -4.92. The lowest BCUT2D eigenvalue weighted by molar-refractivity contribution is 0.300. The van der Waals surface area contributed by atoms with Crippen molar-refractivity contribution >= 4 is 54.0 Å². The molecule has 7 rings (SSSR count). The molecule has 1 aliphatic heterocycles. The summed E-state index contributed by atoms with van der Waals surface area (Å²) in [6.45, 7) is 5.40. The van der Waals surface area contributed by atoms with Gasteiger partial charge in [0.25, 0.3) is 15.7 Å². The molecule has 222 valence electrons. The van der Waals surface area contributed by atoms with E-state index in [1.54, 1.807) is 30.5 Å². The average molecular weight is 627 g/mol. The molecule has 3 N–H and O–H groups in total. The van der Waals surface area contributed by atoms with Gasteiger partial charge in [-0.15, -0.1) is 11.3 Å². The van der Waals surface area contributed by atoms with Gasteiger partial charge in [0, 0.05) is 17.5 Å². The van der Waals surface area contributed by atoms with Gasteiger partial charge >= 0.3 is 0 Å². The molecule has 0 radical (unpaired) electrons. The van der Waals surface area contributed by atoms with Crippen LogP contribution in [0.15, 0.2) is 81.7 Å². The second-order valence-corrected chi connectivity index (χ2v) is 13.1. The summed E-state index contributed by atoms with van der Waals surface area (Å²) in [5, 5.41) is 5.41. The van der Waals surface area contributed by atoms with Crippen LogP contribution in [0.3, 0.4) is 0 Å². The monoisotopic (exact) mass is 626 g/mol. The normalized spacial score (nSPS) is 15.6. The highest BCUT2D eigenvalue weighted by Gasteiger charge is 2.31. The van der Waals surface area contributed by atoms with E-state index in [4.69, 9.17) is 9.17 Å². The number of hydrogen-bond donors (Lipinski definition) is 3. The number of thiazole rings is 1. The summed E-state index contributed by atoms with van der Waals surface area (Å²) in [6.07, 6.45) is 1.57. The third kappa shape index (κ3) is 5.02. The van der Waals surface area contributed by atoms with Crippen molar-refractivity contribution in [1.82, 2.24) is 24.6 Å². The van der Waals surface area contributed by atoms with Crippen molar-refractivity contribution in [3.63, 3.8) is 0 Å². The molecule has 14 heteroatoms. The van der Waals surface area contributed by atoms with E-state index in [9.17, 15) is 13.2 Å². The Morgan fingerprint density at radius 2 is 1.89 bits per heavy atom. The molecule has 12 nitrogen and oxygen atoms in total. The van der Waals surface area contributed by atoms with Crippen molar-refractivity contribution in [2.24, 2.45) is 5.10 Å².